The summed E-state index contributed by atoms with van der Waals surface area (Å²) in [7, 11) is 0. The number of amides is 1. The molecule has 8 heteroatoms. The molecule has 1 saturated carbocycles. The number of nitrogens with zero attached hydrogens (tertiary/aromatic N) is 2. The first-order chi connectivity index (χ1) is 12.6. The highest BCUT2D eigenvalue weighted by Crippen LogP contribution is 2.31. The Hall–Kier alpha value is -2.74. The van der Waals surface area contributed by atoms with E-state index < -0.39 is 11.5 Å². The molecule has 3 rings (SSSR count). The van der Waals surface area contributed by atoms with Gasteiger partial charge in [-0.1, -0.05) is 37.5 Å². The summed E-state index contributed by atoms with van der Waals surface area (Å²) >= 11 is 5.22. The fourth-order valence-corrected chi connectivity index (χ4v) is 3.48. The molecule has 3 N–H and O–H groups in total. The van der Waals surface area contributed by atoms with Crippen LogP contribution in [0.4, 0.5) is 0 Å². The molecule has 2 aromatic rings. The molecule has 0 saturated heterocycles. The monoisotopic (exact) mass is 372 g/mol. The Balaban J connectivity index is 1.84. The highest BCUT2D eigenvalue weighted by Gasteiger charge is 2.21. The SMILES string of the molecule is O=C(N/N=C\c1c(O)n(C2CCCCC2)c(=S)[nH]c1=O)c1ccccc1. The predicted octanol–water partition coefficient (Wildman–Crippen LogP) is 2.88. The molecule has 1 heterocycles. The Morgan fingerprint density at radius 2 is 1.96 bits per heavy atom. The molecule has 1 aliphatic rings. The molecule has 1 fully saturated rings. The molecule has 1 aromatic heterocycles. The van der Waals surface area contributed by atoms with Crippen molar-refractivity contribution < 1.29 is 9.90 Å². The van der Waals surface area contributed by atoms with Gasteiger partial charge in [-0.05, 0) is 37.2 Å². The summed E-state index contributed by atoms with van der Waals surface area (Å²) in [5, 5.41) is 14.4. The first-order valence-corrected chi connectivity index (χ1v) is 8.95. The highest BCUT2D eigenvalue weighted by atomic mass is 32.1. The lowest BCUT2D eigenvalue weighted by Gasteiger charge is -2.25. The van der Waals surface area contributed by atoms with Crippen LogP contribution in [-0.4, -0.2) is 26.8 Å². The Labute approximate surface area is 155 Å². The molecule has 0 atom stereocenters. The van der Waals surface area contributed by atoms with Crippen molar-refractivity contribution in [2.45, 2.75) is 38.1 Å². The lowest BCUT2D eigenvalue weighted by atomic mass is 9.95. The van der Waals surface area contributed by atoms with Gasteiger partial charge in [-0.2, -0.15) is 5.10 Å². The second-order valence-electron chi connectivity index (χ2n) is 6.22. The molecule has 1 aromatic carbocycles. The van der Waals surface area contributed by atoms with Gasteiger partial charge in [0.05, 0.1) is 6.21 Å². The van der Waals surface area contributed by atoms with Crippen LogP contribution in [0.1, 0.15) is 54.1 Å². The standard InChI is InChI=1S/C18H20N4O3S/c23-15(12-7-3-1-4-8-12)21-19-11-14-16(24)20-18(26)22(17(14)25)13-9-5-2-6-10-13/h1,3-4,7-8,11,13,25H,2,5-6,9-10H2,(H,21,23)(H,20,24,26)/b19-11-. The molecular weight excluding hydrogens is 352 g/mol. The molecule has 0 unspecified atom stereocenters. The molecule has 0 aliphatic heterocycles. The van der Waals surface area contributed by atoms with Gasteiger partial charge in [0.15, 0.2) is 4.77 Å². The van der Waals surface area contributed by atoms with Crippen molar-refractivity contribution in [3.63, 3.8) is 0 Å². The number of aromatic hydroxyl groups is 1. The maximum absolute atomic E-state index is 12.1. The summed E-state index contributed by atoms with van der Waals surface area (Å²) in [5.74, 6) is -0.624. The quantitative estimate of drug-likeness (QED) is 0.436. The van der Waals surface area contributed by atoms with Gasteiger partial charge in [0.2, 0.25) is 5.88 Å². The van der Waals surface area contributed by atoms with Gasteiger partial charge in [-0.3, -0.25) is 19.1 Å². The molecule has 1 amide bonds. The fraction of sp³-hybridized carbons (Fsp3) is 0.333. The Bertz CT molecular complexity index is 928. The van der Waals surface area contributed by atoms with Gasteiger partial charge < -0.3 is 5.11 Å². The summed E-state index contributed by atoms with van der Waals surface area (Å²) in [5.41, 5.74) is 2.22. The van der Waals surface area contributed by atoms with Crippen LogP contribution < -0.4 is 11.0 Å². The van der Waals surface area contributed by atoms with E-state index in [2.05, 4.69) is 15.5 Å². The first kappa shape index (κ1) is 18.1. The number of aromatic amines is 1. The number of hydrogen-bond donors (Lipinski definition) is 3. The number of rotatable bonds is 4. The van der Waals surface area contributed by atoms with E-state index >= 15 is 0 Å². The minimum absolute atomic E-state index is 0.0301. The van der Waals surface area contributed by atoms with E-state index in [1.807, 2.05) is 0 Å². The van der Waals surface area contributed by atoms with Crippen molar-refractivity contribution in [2.24, 2.45) is 5.10 Å². The number of carbonyl (C=O) groups excluding carboxylic acids is 1. The van der Waals surface area contributed by atoms with Crippen LogP contribution in [0.3, 0.4) is 0 Å². The van der Waals surface area contributed by atoms with Crippen molar-refractivity contribution in [2.75, 3.05) is 0 Å². The van der Waals surface area contributed by atoms with Gasteiger partial charge in [-0.25, -0.2) is 5.43 Å². The van der Waals surface area contributed by atoms with E-state index in [0.29, 0.717) is 5.56 Å². The summed E-state index contributed by atoms with van der Waals surface area (Å²) in [4.78, 5) is 26.7. The van der Waals surface area contributed by atoms with Gasteiger partial charge in [0.25, 0.3) is 11.5 Å². The highest BCUT2D eigenvalue weighted by molar-refractivity contribution is 7.71. The molecule has 1 aliphatic carbocycles. The van der Waals surface area contributed by atoms with E-state index in [9.17, 15) is 14.7 Å². The smallest absolute Gasteiger partial charge is 0.271 e. The van der Waals surface area contributed by atoms with Crippen LogP contribution in [-0.2, 0) is 0 Å². The molecule has 136 valence electrons. The van der Waals surface area contributed by atoms with E-state index in [1.165, 1.54) is 0 Å². The third-order valence-corrected chi connectivity index (χ3v) is 4.79. The molecule has 0 radical (unpaired) electrons. The Kier molecular flexibility index (Phi) is 5.62. The van der Waals surface area contributed by atoms with Crippen LogP contribution in [0.15, 0.2) is 40.2 Å². The summed E-state index contributed by atoms with van der Waals surface area (Å²) < 4.78 is 1.78. The Morgan fingerprint density at radius 1 is 1.27 bits per heavy atom. The topological polar surface area (TPSA) is 99.5 Å². The van der Waals surface area contributed by atoms with Crippen LogP contribution in [0, 0.1) is 4.77 Å². The summed E-state index contributed by atoms with van der Waals surface area (Å²) in [6.45, 7) is 0. The van der Waals surface area contributed by atoms with Crippen LogP contribution in [0.25, 0.3) is 0 Å². The largest absolute Gasteiger partial charge is 0.494 e. The summed E-state index contributed by atoms with van der Waals surface area (Å²) in [6, 6.07) is 8.64. The first-order valence-electron chi connectivity index (χ1n) is 8.54. The zero-order chi connectivity index (χ0) is 18.5. The number of hydrazone groups is 1. The van der Waals surface area contributed by atoms with Crippen LogP contribution >= 0.6 is 12.2 Å². The van der Waals surface area contributed by atoms with Crippen molar-refractivity contribution in [3.05, 3.63) is 56.6 Å². The molecule has 7 nitrogen and oxygen atoms in total. The fourth-order valence-electron chi connectivity index (χ4n) is 3.16. The lowest BCUT2D eigenvalue weighted by molar-refractivity contribution is 0.0955. The number of carbonyl (C=O) groups is 1. The number of nitrogens with one attached hydrogen (secondary N) is 2. The van der Waals surface area contributed by atoms with E-state index in [0.717, 1.165) is 38.3 Å². The van der Waals surface area contributed by atoms with Gasteiger partial charge in [0, 0.05) is 11.6 Å². The summed E-state index contributed by atoms with van der Waals surface area (Å²) in [6.07, 6.45) is 6.21. The average Bonchev–Trinajstić information content (AvgIpc) is 2.65. The van der Waals surface area contributed by atoms with E-state index in [1.54, 1.807) is 34.9 Å². The number of hydrogen-bond acceptors (Lipinski definition) is 5. The molecular formula is C18H20N4O3S. The van der Waals surface area contributed by atoms with Crippen LogP contribution in [0.2, 0.25) is 0 Å². The van der Waals surface area contributed by atoms with Gasteiger partial charge in [0.1, 0.15) is 5.56 Å². The molecule has 0 bridgehead atoms. The zero-order valence-corrected chi connectivity index (χ0v) is 15.0. The second-order valence-corrected chi connectivity index (χ2v) is 6.61. The number of aromatic nitrogens is 2. The lowest BCUT2D eigenvalue weighted by Crippen LogP contribution is -2.24. The maximum Gasteiger partial charge on any atom is 0.271 e. The van der Waals surface area contributed by atoms with E-state index in [-0.39, 0.29) is 22.3 Å². The Morgan fingerprint density at radius 3 is 2.65 bits per heavy atom. The van der Waals surface area contributed by atoms with Gasteiger partial charge in [-0.15, -0.1) is 0 Å². The average molecular weight is 372 g/mol. The normalized spacial score (nSPS) is 15.2. The maximum atomic E-state index is 12.1. The molecule has 0 spiro atoms. The van der Waals surface area contributed by atoms with Crippen molar-refractivity contribution in [1.82, 2.24) is 15.0 Å². The minimum Gasteiger partial charge on any atom is -0.494 e. The third kappa shape index (κ3) is 3.91. The molecule has 26 heavy (non-hydrogen) atoms. The zero-order valence-electron chi connectivity index (χ0n) is 14.1. The van der Waals surface area contributed by atoms with E-state index in [4.69, 9.17) is 12.2 Å². The minimum atomic E-state index is -0.544. The predicted molar refractivity (Wildman–Crippen MR) is 101 cm³/mol. The third-order valence-electron chi connectivity index (χ3n) is 4.49. The van der Waals surface area contributed by atoms with Crippen LogP contribution in [0.5, 0.6) is 5.88 Å². The van der Waals surface area contributed by atoms with Gasteiger partial charge >= 0.3 is 0 Å². The second kappa shape index (κ2) is 8.09. The number of H-pyrrole nitrogens is 1. The number of benzene rings is 1. The van der Waals surface area contributed by atoms with Crippen molar-refractivity contribution in [1.29, 1.82) is 0 Å². The van der Waals surface area contributed by atoms with Crippen molar-refractivity contribution in [3.8, 4) is 5.88 Å². The van der Waals surface area contributed by atoms with Crippen molar-refractivity contribution >= 4 is 24.3 Å².